The van der Waals surface area contributed by atoms with Gasteiger partial charge in [-0.25, -0.2) is 0 Å². The molecule has 3 aromatic rings. The van der Waals surface area contributed by atoms with Gasteiger partial charge in [0.15, 0.2) is 27.8 Å². The summed E-state index contributed by atoms with van der Waals surface area (Å²) in [6.07, 6.45) is 0. The fourth-order valence-corrected chi connectivity index (χ4v) is 4.53. The lowest BCUT2D eigenvalue weighted by Gasteiger charge is -2.16. The van der Waals surface area contributed by atoms with E-state index in [0.29, 0.717) is 58.9 Å². The van der Waals surface area contributed by atoms with Crippen LogP contribution in [0.2, 0.25) is 0 Å². The van der Waals surface area contributed by atoms with Crippen molar-refractivity contribution in [3.05, 3.63) is 34.6 Å². The number of methoxy groups -OCH3 is 3. The van der Waals surface area contributed by atoms with Gasteiger partial charge in [-0.05, 0) is 32.9 Å². The fourth-order valence-electron chi connectivity index (χ4n) is 3.49. The highest BCUT2D eigenvalue weighted by Crippen LogP contribution is 2.39. The quantitative estimate of drug-likeness (QED) is 0.353. The number of carbonyl (C=O) groups excluding carboxylic acids is 2. The summed E-state index contributed by atoms with van der Waals surface area (Å²) in [6, 6.07) is 6.65. The molecule has 2 aromatic carbocycles. The number of hydrogen-bond donors (Lipinski definition) is 0. The van der Waals surface area contributed by atoms with Crippen molar-refractivity contribution in [3.63, 3.8) is 0 Å². The topological polar surface area (TPSA) is 107 Å². The van der Waals surface area contributed by atoms with Crippen LogP contribution in [0.25, 0.3) is 10.2 Å². The Labute approximate surface area is 213 Å². The highest BCUT2D eigenvalue weighted by Gasteiger charge is 2.20. The number of esters is 1. The zero-order chi connectivity index (χ0) is 26.2. The van der Waals surface area contributed by atoms with Gasteiger partial charge < -0.3 is 33.0 Å². The number of amides is 1. The Hall–Kier alpha value is -3.73. The van der Waals surface area contributed by atoms with Crippen molar-refractivity contribution in [2.45, 2.75) is 27.3 Å². The molecule has 0 aliphatic carbocycles. The molecule has 1 aromatic heterocycles. The normalized spacial score (nSPS) is 11.3. The van der Waals surface area contributed by atoms with Gasteiger partial charge in [-0.2, -0.15) is 4.99 Å². The van der Waals surface area contributed by atoms with Crippen molar-refractivity contribution < 1.29 is 38.0 Å². The molecule has 194 valence electrons. The standard InChI is InChI=1S/C25H30N2O8S/c1-7-33-19-10-15(11-20(34-8-2)23(19)35-9-3)24(29)26-25-27(14-22(28)32-6)16-12-17(30-4)18(31-5)13-21(16)36-25/h10-13H,7-9,14H2,1-6H3. The molecule has 0 atom stereocenters. The summed E-state index contributed by atoms with van der Waals surface area (Å²) in [6.45, 7) is 6.54. The highest BCUT2D eigenvalue weighted by atomic mass is 32.1. The van der Waals surface area contributed by atoms with Gasteiger partial charge in [-0.3, -0.25) is 9.59 Å². The Morgan fingerprint density at radius 1 is 0.833 bits per heavy atom. The summed E-state index contributed by atoms with van der Waals surface area (Å²) >= 11 is 1.23. The zero-order valence-corrected chi connectivity index (χ0v) is 22.0. The first-order chi connectivity index (χ1) is 17.4. The van der Waals surface area contributed by atoms with E-state index in [0.717, 1.165) is 4.70 Å². The van der Waals surface area contributed by atoms with Crippen LogP contribution in [0.15, 0.2) is 29.3 Å². The molecular weight excluding hydrogens is 488 g/mol. The SMILES string of the molecule is CCOc1cc(C(=O)N=c2sc3cc(OC)c(OC)cc3n2CC(=O)OC)cc(OCC)c1OCC. The third-order valence-electron chi connectivity index (χ3n) is 5.06. The average molecular weight is 519 g/mol. The van der Waals surface area contributed by atoms with E-state index in [-0.39, 0.29) is 12.1 Å². The number of hydrogen-bond acceptors (Lipinski definition) is 9. The van der Waals surface area contributed by atoms with Crippen molar-refractivity contribution in [1.29, 1.82) is 0 Å². The minimum Gasteiger partial charge on any atom is -0.493 e. The third-order valence-corrected chi connectivity index (χ3v) is 6.10. The van der Waals surface area contributed by atoms with E-state index < -0.39 is 11.9 Å². The number of nitrogens with zero attached hydrogens (tertiary/aromatic N) is 2. The van der Waals surface area contributed by atoms with E-state index in [9.17, 15) is 9.59 Å². The molecule has 0 fully saturated rings. The first-order valence-electron chi connectivity index (χ1n) is 11.4. The van der Waals surface area contributed by atoms with E-state index in [1.54, 1.807) is 28.8 Å². The Balaban J connectivity index is 2.20. The van der Waals surface area contributed by atoms with Crippen LogP contribution in [0.1, 0.15) is 31.1 Å². The molecule has 0 radical (unpaired) electrons. The summed E-state index contributed by atoms with van der Waals surface area (Å²) in [4.78, 5) is 30.2. The lowest BCUT2D eigenvalue weighted by Crippen LogP contribution is -2.22. The molecule has 3 rings (SSSR count). The Morgan fingerprint density at radius 3 is 1.94 bits per heavy atom. The van der Waals surface area contributed by atoms with Crippen molar-refractivity contribution in [2.24, 2.45) is 4.99 Å². The van der Waals surface area contributed by atoms with Gasteiger partial charge in [0.1, 0.15) is 6.54 Å². The van der Waals surface area contributed by atoms with E-state index in [2.05, 4.69) is 4.99 Å². The summed E-state index contributed by atoms with van der Waals surface area (Å²) in [5, 5.41) is 0. The molecule has 0 bridgehead atoms. The predicted molar refractivity (Wildman–Crippen MR) is 135 cm³/mol. The molecule has 0 aliphatic rings. The number of aromatic nitrogens is 1. The predicted octanol–water partition coefficient (Wildman–Crippen LogP) is 3.83. The zero-order valence-electron chi connectivity index (χ0n) is 21.2. The second kappa shape index (κ2) is 12.3. The highest BCUT2D eigenvalue weighted by molar-refractivity contribution is 7.16. The number of rotatable bonds is 11. The second-order valence-corrected chi connectivity index (χ2v) is 8.25. The molecule has 0 unspecified atom stereocenters. The lowest BCUT2D eigenvalue weighted by molar-refractivity contribution is -0.141. The second-order valence-electron chi connectivity index (χ2n) is 7.24. The Morgan fingerprint density at radius 2 is 1.42 bits per heavy atom. The van der Waals surface area contributed by atoms with Crippen LogP contribution in [0.3, 0.4) is 0 Å². The minimum atomic E-state index is -0.538. The molecule has 1 amide bonds. The Kier molecular flexibility index (Phi) is 9.18. The third kappa shape index (κ3) is 5.73. The molecule has 1 heterocycles. The van der Waals surface area contributed by atoms with Crippen molar-refractivity contribution in [3.8, 4) is 28.7 Å². The van der Waals surface area contributed by atoms with Gasteiger partial charge in [0.25, 0.3) is 5.91 Å². The van der Waals surface area contributed by atoms with E-state index in [1.807, 2.05) is 20.8 Å². The number of benzene rings is 2. The molecule has 11 heteroatoms. The summed E-state index contributed by atoms with van der Waals surface area (Å²) < 4.78 is 35.2. The maximum absolute atomic E-state index is 13.3. The molecule has 0 spiro atoms. The largest absolute Gasteiger partial charge is 0.493 e. The first kappa shape index (κ1) is 26.9. The van der Waals surface area contributed by atoms with Gasteiger partial charge in [-0.1, -0.05) is 11.3 Å². The van der Waals surface area contributed by atoms with Crippen LogP contribution in [-0.2, 0) is 16.1 Å². The molecule has 0 aliphatic heterocycles. The fraction of sp³-hybridized carbons (Fsp3) is 0.400. The smallest absolute Gasteiger partial charge is 0.325 e. The molecular formula is C25H30N2O8S. The van der Waals surface area contributed by atoms with Crippen molar-refractivity contribution in [2.75, 3.05) is 41.2 Å². The first-order valence-corrected chi connectivity index (χ1v) is 12.2. The van der Waals surface area contributed by atoms with Gasteiger partial charge >= 0.3 is 5.97 Å². The van der Waals surface area contributed by atoms with Crippen LogP contribution < -0.4 is 28.5 Å². The molecule has 36 heavy (non-hydrogen) atoms. The minimum absolute atomic E-state index is 0.143. The summed E-state index contributed by atoms with van der Waals surface area (Å²) in [5.74, 6) is 1.17. The van der Waals surface area contributed by atoms with Crippen LogP contribution in [0, 0.1) is 0 Å². The van der Waals surface area contributed by atoms with Crippen LogP contribution in [-0.4, -0.2) is 57.6 Å². The monoisotopic (exact) mass is 518 g/mol. The number of ether oxygens (including phenoxy) is 6. The maximum Gasteiger partial charge on any atom is 0.325 e. The average Bonchev–Trinajstić information content (AvgIpc) is 3.20. The van der Waals surface area contributed by atoms with Crippen molar-refractivity contribution >= 4 is 33.4 Å². The van der Waals surface area contributed by atoms with Crippen LogP contribution in [0.5, 0.6) is 28.7 Å². The van der Waals surface area contributed by atoms with Gasteiger partial charge in [0.2, 0.25) is 5.75 Å². The lowest BCUT2D eigenvalue weighted by atomic mass is 10.1. The van der Waals surface area contributed by atoms with Gasteiger partial charge in [0.05, 0.1) is 51.4 Å². The summed E-state index contributed by atoms with van der Waals surface area (Å²) in [7, 11) is 4.35. The molecule has 0 saturated carbocycles. The van der Waals surface area contributed by atoms with Crippen LogP contribution in [0.4, 0.5) is 0 Å². The van der Waals surface area contributed by atoms with E-state index >= 15 is 0 Å². The van der Waals surface area contributed by atoms with Gasteiger partial charge in [0, 0.05) is 17.7 Å². The number of fused-ring (bicyclic) bond motifs is 1. The number of thiazole rings is 1. The maximum atomic E-state index is 13.3. The van der Waals surface area contributed by atoms with E-state index in [1.165, 1.54) is 32.7 Å². The number of carbonyl (C=O) groups is 2. The van der Waals surface area contributed by atoms with Gasteiger partial charge in [-0.15, -0.1) is 0 Å². The molecule has 10 nitrogen and oxygen atoms in total. The summed E-state index contributed by atoms with van der Waals surface area (Å²) in [5.41, 5.74) is 0.897. The van der Waals surface area contributed by atoms with Crippen molar-refractivity contribution in [1.82, 2.24) is 4.57 Å². The van der Waals surface area contributed by atoms with E-state index in [4.69, 9.17) is 28.4 Å². The molecule has 0 N–H and O–H groups in total. The molecule has 0 saturated heterocycles. The van der Waals surface area contributed by atoms with Crippen LogP contribution >= 0.6 is 11.3 Å². The Bertz CT molecular complexity index is 1280.